The maximum absolute atomic E-state index is 12.4. The van der Waals surface area contributed by atoms with E-state index in [0.29, 0.717) is 43.8 Å². The van der Waals surface area contributed by atoms with Gasteiger partial charge >= 0.3 is 0 Å². The number of aliphatic imine (C=N–C) groups is 1. The Morgan fingerprint density at radius 2 is 2.00 bits per heavy atom. The Morgan fingerprint density at radius 3 is 2.63 bits per heavy atom. The number of thioether (sulfide) groups is 1. The van der Waals surface area contributed by atoms with Crippen molar-refractivity contribution in [3.8, 4) is 5.75 Å². The van der Waals surface area contributed by atoms with Crippen molar-refractivity contribution < 1.29 is 13.2 Å². The number of hydrogen-bond donors (Lipinski definition) is 1. The van der Waals surface area contributed by atoms with Gasteiger partial charge in [-0.15, -0.1) is 0 Å². The molecule has 1 N–H and O–H groups in total. The summed E-state index contributed by atoms with van der Waals surface area (Å²) >= 11 is 7.64. The lowest BCUT2D eigenvalue weighted by Gasteiger charge is -2.26. The number of benzene rings is 1. The summed E-state index contributed by atoms with van der Waals surface area (Å²) in [5.74, 6) is 3.18. The zero-order valence-electron chi connectivity index (χ0n) is 15.7. The number of nitrogens with one attached hydrogen (secondary N) is 1. The van der Waals surface area contributed by atoms with E-state index >= 15 is 0 Å². The molecule has 0 aromatic heterocycles. The largest absolute Gasteiger partial charge is 0.492 e. The highest BCUT2D eigenvalue weighted by Crippen LogP contribution is 2.15. The van der Waals surface area contributed by atoms with E-state index in [-0.39, 0.29) is 5.75 Å². The van der Waals surface area contributed by atoms with E-state index in [9.17, 15) is 8.42 Å². The third-order valence-electron chi connectivity index (χ3n) is 4.09. The summed E-state index contributed by atoms with van der Waals surface area (Å²) in [6.07, 6.45) is 0. The van der Waals surface area contributed by atoms with E-state index in [1.54, 1.807) is 35.2 Å². The summed E-state index contributed by atoms with van der Waals surface area (Å²) in [6.45, 7) is 2.61. The number of nitrogens with zero attached hydrogens (tertiary/aromatic N) is 3. The van der Waals surface area contributed by atoms with E-state index in [4.69, 9.17) is 16.3 Å². The molecule has 0 aliphatic carbocycles. The first-order valence-electron chi connectivity index (χ1n) is 8.78. The van der Waals surface area contributed by atoms with Gasteiger partial charge in [0.1, 0.15) is 12.4 Å². The van der Waals surface area contributed by atoms with Crippen LogP contribution < -0.4 is 10.1 Å². The van der Waals surface area contributed by atoms with Gasteiger partial charge in [-0.25, -0.2) is 12.7 Å². The fraction of sp³-hybridized carbons (Fsp3) is 0.588. The molecule has 1 aromatic carbocycles. The summed E-state index contributed by atoms with van der Waals surface area (Å²) < 4.78 is 32.0. The summed E-state index contributed by atoms with van der Waals surface area (Å²) in [4.78, 5) is 6.11. The Hall–Kier alpha value is -1.16. The van der Waals surface area contributed by atoms with Crippen LogP contribution >= 0.6 is 23.4 Å². The van der Waals surface area contributed by atoms with Gasteiger partial charge in [0.15, 0.2) is 5.96 Å². The second-order valence-corrected chi connectivity index (χ2v) is 9.78. The molecule has 1 heterocycles. The molecule has 10 heteroatoms. The van der Waals surface area contributed by atoms with Crippen LogP contribution in [0.15, 0.2) is 29.3 Å². The Morgan fingerprint density at radius 1 is 1.33 bits per heavy atom. The van der Waals surface area contributed by atoms with E-state index in [0.717, 1.165) is 17.3 Å². The average molecular weight is 435 g/mol. The van der Waals surface area contributed by atoms with Crippen LogP contribution in [0.3, 0.4) is 0 Å². The fourth-order valence-corrected chi connectivity index (χ4v) is 5.18. The molecule has 1 aromatic rings. The first-order chi connectivity index (χ1) is 12.9. The van der Waals surface area contributed by atoms with E-state index in [1.807, 2.05) is 24.1 Å². The minimum Gasteiger partial charge on any atom is -0.492 e. The minimum atomic E-state index is -3.22. The highest BCUT2D eigenvalue weighted by Gasteiger charge is 2.23. The molecule has 7 nitrogen and oxygen atoms in total. The first-order valence-corrected chi connectivity index (χ1v) is 11.9. The number of guanidine groups is 1. The van der Waals surface area contributed by atoms with Gasteiger partial charge < -0.3 is 15.0 Å². The molecule has 1 aliphatic rings. The Bertz CT molecular complexity index is 707. The van der Waals surface area contributed by atoms with Gasteiger partial charge in [0.25, 0.3) is 0 Å². The van der Waals surface area contributed by atoms with Gasteiger partial charge in [0.2, 0.25) is 10.0 Å². The van der Waals surface area contributed by atoms with Crippen LogP contribution in [0.5, 0.6) is 5.75 Å². The third-order valence-corrected chi connectivity index (χ3v) is 7.16. The molecule has 0 unspecified atom stereocenters. The summed E-state index contributed by atoms with van der Waals surface area (Å²) in [6, 6.07) is 7.20. The topological polar surface area (TPSA) is 74.2 Å². The van der Waals surface area contributed by atoms with Crippen molar-refractivity contribution in [1.29, 1.82) is 0 Å². The monoisotopic (exact) mass is 434 g/mol. The van der Waals surface area contributed by atoms with Gasteiger partial charge in [-0.1, -0.05) is 11.6 Å². The Kier molecular flexibility index (Phi) is 9.01. The first kappa shape index (κ1) is 22.1. The van der Waals surface area contributed by atoms with Gasteiger partial charge in [0, 0.05) is 50.3 Å². The predicted molar refractivity (Wildman–Crippen MR) is 114 cm³/mol. The van der Waals surface area contributed by atoms with Crippen molar-refractivity contribution >= 4 is 39.3 Å². The molecule has 0 atom stereocenters. The third kappa shape index (κ3) is 7.40. The van der Waals surface area contributed by atoms with Crippen molar-refractivity contribution in [2.24, 2.45) is 4.99 Å². The lowest BCUT2D eigenvalue weighted by Crippen LogP contribution is -2.45. The van der Waals surface area contributed by atoms with Crippen molar-refractivity contribution in [3.63, 3.8) is 0 Å². The van der Waals surface area contributed by atoms with Gasteiger partial charge in [0.05, 0.1) is 12.3 Å². The average Bonchev–Trinajstić information content (AvgIpc) is 2.67. The SMILES string of the molecule is CN=C(NCCS(=O)(=O)N1CCSCC1)N(C)CCOc1ccc(Cl)cc1. The molecule has 27 heavy (non-hydrogen) atoms. The van der Waals surface area contributed by atoms with Gasteiger partial charge in [-0.3, -0.25) is 4.99 Å². The lowest BCUT2D eigenvalue weighted by atomic mass is 10.3. The second kappa shape index (κ2) is 11.0. The highest BCUT2D eigenvalue weighted by molar-refractivity contribution is 7.99. The van der Waals surface area contributed by atoms with Gasteiger partial charge in [-0.2, -0.15) is 11.8 Å². The molecule has 1 saturated heterocycles. The van der Waals surface area contributed by atoms with Crippen LogP contribution in [0.1, 0.15) is 0 Å². The summed E-state index contributed by atoms with van der Waals surface area (Å²) in [5, 5.41) is 3.78. The Labute approximate surface area is 171 Å². The van der Waals surface area contributed by atoms with Crippen molar-refractivity contribution in [2.75, 3.05) is 64.1 Å². The Balaban J connectivity index is 1.72. The number of sulfonamides is 1. The fourth-order valence-electron chi connectivity index (χ4n) is 2.57. The summed E-state index contributed by atoms with van der Waals surface area (Å²) in [5.41, 5.74) is 0. The molecule has 1 aliphatic heterocycles. The van der Waals surface area contributed by atoms with Crippen LogP contribution in [0, 0.1) is 0 Å². The molecule has 0 bridgehead atoms. The molecule has 152 valence electrons. The van der Waals surface area contributed by atoms with Crippen LogP contribution in [0.2, 0.25) is 5.02 Å². The maximum atomic E-state index is 12.4. The van der Waals surface area contributed by atoms with E-state index < -0.39 is 10.0 Å². The zero-order chi connectivity index (χ0) is 19.7. The lowest BCUT2D eigenvalue weighted by molar-refractivity contribution is 0.281. The zero-order valence-corrected chi connectivity index (χ0v) is 18.1. The number of rotatable bonds is 8. The van der Waals surface area contributed by atoms with E-state index in [1.165, 1.54) is 0 Å². The number of hydrogen-bond acceptors (Lipinski definition) is 5. The number of ether oxygens (including phenoxy) is 1. The second-order valence-electron chi connectivity index (χ2n) is 6.03. The van der Waals surface area contributed by atoms with Crippen LogP contribution in [0.25, 0.3) is 0 Å². The predicted octanol–water partition coefficient (Wildman–Crippen LogP) is 1.60. The van der Waals surface area contributed by atoms with Gasteiger partial charge in [-0.05, 0) is 24.3 Å². The van der Waals surface area contributed by atoms with E-state index in [2.05, 4.69) is 10.3 Å². The standard InChI is InChI=1S/C17H27ClN4O3S2/c1-19-17(20-7-14-27(23,24)22-9-12-26-13-10-22)21(2)8-11-25-16-5-3-15(18)4-6-16/h3-6H,7-14H2,1-2H3,(H,19,20). The summed E-state index contributed by atoms with van der Waals surface area (Å²) in [7, 11) is 0.341. The molecular weight excluding hydrogens is 408 g/mol. The molecular formula is C17H27ClN4O3S2. The van der Waals surface area contributed by atoms with Crippen LogP contribution in [-0.4, -0.2) is 87.7 Å². The molecule has 0 amide bonds. The molecule has 0 radical (unpaired) electrons. The maximum Gasteiger partial charge on any atom is 0.215 e. The normalized spacial score (nSPS) is 16.2. The molecule has 0 spiro atoms. The number of likely N-dealkylation sites (N-methyl/N-ethyl adjacent to an activating group) is 1. The molecule has 2 rings (SSSR count). The molecule has 1 fully saturated rings. The van der Waals surface area contributed by atoms with Crippen molar-refractivity contribution in [3.05, 3.63) is 29.3 Å². The quantitative estimate of drug-likeness (QED) is 0.495. The molecule has 0 saturated carbocycles. The van der Waals surface area contributed by atoms with Crippen molar-refractivity contribution in [1.82, 2.24) is 14.5 Å². The van der Waals surface area contributed by atoms with Crippen LogP contribution in [0.4, 0.5) is 0 Å². The highest BCUT2D eigenvalue weighted by atomic mass is 35.5. The number of halogens is 1. The smallest absolute Gasteiger partial charge is 0.215 e. The van der Waals surface area contributed by atoms with Crippen molar-refractivity contribution in [2.45, 2.75) is 0 Å². The minimum absolute atomic E-state index is 0.0613. The van der Waals surface area contributed by atoms with Crippen LogP contribution in [-0.2, 0) is 10.0 Å².